The molecule has 2 nitrogen and oxygen atoms in total. The first-order valence-electron chi connectivity index (χ1n) is 6.46. The highest BCUT2D eigenvalue weighted by molar-refractivity contribution is 9.10. The Morgan fingerprint density at radius 3 is 3.00 bits per heavy atom. The number of hydrogen-bond acceptors (Lipinski definition) is 2. The van der Waals surface area contributed by atoms with Crippen molar-refractivity contribution < 1.29 is 4.79 Å². The molecule has 1 unspecified atom stereocenters. The van der Waals surface area contributed by atoms with E-state index in [2.05, 4.69) is 27.4 Å². The molecular weight excluding hydrogens is 358 g/mol. The number of likely N-dealkylation sites (tertiary alicyclic amines) is 1. The molecule has 0 spiro atoms. The lowest BCUT2D eigenvalue weighted by Crippen LogP contribution is -2.30. The molecule has 1 fully saturated rings. The first-order chi connectivity index (χ1) is 9.66. The van der Waals surface area contributed by atoms with E-state index in [1.165, 1.54) is 4.88 Å². The molecule has 0 N–H and O–H groups in total. The summed E-state index contributed by atoms with van der Waals surface area (Å²) in [5, 5.41) is 2.57. The molecule has 1 aromatic heterocycles. The van der Waals surface area contributed by atoms with E-state index in [9.17, 15) is 4.79 Å². The van der Waals surface area contributed by atoms with Gasteiger partial charge in [-0.1, -0.05) is 33.6 Å². The normalized spacial score (nSPS) is 18.5. The van der Waals surface area contributed by atoms with Crippen LogP contribution in [0.2, 0.25) is 5.02 Å². The van der Waals surface area contributed by atoms with Crippen LogP contribution in [0.15, 0.2) is 40.2 Å². The topological polar surface area (TPSA) is 20.3 Å². The molecular formula is C15H13BrClNOS. The molecule has 5 heteroatoms. The van der Waals surface area contributed by atoms with Gasteiger partial charge < -0.3 is 4.90 Å². The molecule has 104 valence electrons. The minimum absolute atomic E-state index is 0.0206. The van der Waals surface area contributed by atoms with Gasteiger partial charge in [-0.2, -0.15) is 0 Å². The summed E-state index contributed by atoms with van der Waals surface area (Å²) in [6.45, 7) is 0.796. The number of nitrogens with zero attached hydrogens (tertiary/aromatic N) is 1. The van der Waals surface area contributed by atoms with Crippen molar-refractivity contribution in [3.63, 3.8) is 0 Å². The number of halogens is 2. The number of carbonyl (C=O) groups excluding carboxylic acids is 1. The zero-order valence-corrected chi connectivity index (χ0v) is 13.8. The Labute approximate surface area is 135 Å². The Kier molecular flexibility index (Phi) is 4.15. The van der Waals surface area contributed by atoms with Gasteiger partial charge in [0.15, 0.2) is 0 Å². The fourth-order valence-electron chi connectivity index (χ4n) is 2.60. The molecule has 1 aliphatic rings. The molecule has 1 saturated heterocycles. The predicted octanol–water partition coefficient (Wildman–Crippen LogP) is 5.14. The number of amides is 1. The van der Waals surface area contributed by atoms with Crippen LogP contribution in [0, 0.1) is 0 Å². The van der Waals surface area contributed by atoms with Gasteiger partial charge in [-0.25, -0.2) is 0 Å². The molecule has 1 aromatic carbocycles. The van der Waals surface area contributed by atoms with E-state index in [1.807, 2.05) is 17.0 Å². The van der Waals surface area contributed by atoms with Crippen molar-refractivity contribution in [2.45, 2.75) is 18.9 Å². The Bertz CT molecular complexity index is 629. The average Bonchev–Trinajstić information content (AvgIpc) is 3.10. The maximum atomic E-state index is 12.8. The van der Waals surface area contributed by atoms with Crippen LogP contribution < -0.4 is 0 Å². The van der Waals surface area contributed by atoms with Gasteiger partial charge in [0.2, 0.25) is 0 Å². The summed E-state index contributed by atoms with van der Waals surface area (Å²) in [5.41, 5.74) is 0.574. The molecule has 1 amide bonds. The van der Waals surface area contributed by atoms with Crippen LogP contribution >= 0.6 is 38.9 Å². The van der Waals surface area contributed by atoms with Gasteiger partial charge in [-0.3, -0.25) is 4.79 Å². The zero-order valence-electron chi connectivity index (χ0n) is 10.7. The number of thiophene rings is 1. The number of rotatable bonds is 2. The van der Waals surface area contributed by atoms with Crippen LogP contribution in [-0.2, 0) is 0 Å². The number of benzene rings is 1. The van der Waals surface area contributed by atoms with Crippen molar-refractivity contribution in [1.29, 1.82) is 0 Å². The van der Waals surface area contributed by atoms with Gasteiger partial charge in [0.05, 0.1) is 16.6 Å². The molecule has 0 saturated carbocycles. The lowest BCUT2D eigenvalue weighted by Gasteiger charge is -2.24. The molecule has 2 heterocycles. The van der Waals surface area contributed by atoms with E-state index in [0.29, 0.717) is 10.6 Å². The minimum atomic E-state index is 0.0206. The summed E-state index contributed by atoms with van der Waals surface area (Å²) in [5.74, 6) is 0.0206. The number of carbonyl (C=O) groups is 1. The van der Waals surface area contributed by atoms with Crippen molar-refractivity contribution in [3.05, 3.63) is 55.6 Å². The molecule has 1 atom stereocenters. The third-order valence-electron chi connectivity index (χ3n) is 3.54. The summed E-state index contributed by atoms with van der Waals surface area (Å²) >= 11 is 11.3. The molecule has 0 bridgehead atoms. The smallest absolute Gasteiger partial charge is 0.255 e. The van der Waals surface area contributed by atoms with E-state index in [1.54, 1.807) is 23.5 Å². The maximum Gasteiger partial charge on any atom is 0.255 e. The standard InChI is InChI=1S/C15H13BrClNOS/c16-10-5-6-12(17)11(9-10)15(19)18-7-1-3-13(18)14-4-2-8-20-14/h2,4-6,8-9,13H,1,3,7H2. The van der Waals surface area contributed by atoms with Crippen molar-refractivity contribution in [1.82, 2.24) is 4.90 Å². The van der Waals surface area contributed by atoms with Crippen molar-refractivity contribution in [2.75, 3.05) is 6.54 Å². The minimum Gasteiger partial charge on any atom is -0.331 e. The number of hydrogen-bond donors (Lipinski definition) is 0. The Hall–Kier alpha value is -0.840. The first-order valence-corrected chi connectivity index (χ1v) is 8.51. The summed E-state index contributed by atoms with van der Waals surface area (Å²) in [6, 6.07) is 9.73. The van der Waals surface area contributed by atoms with Gasteiger partial charge in [0.1, 0.15) is 0 Å². The maximum absolute atomic E-state index is 12.8. The fraction of sp³-hybridized carbons (Fsp3) is 0.267. The monoisotopic (exact) mass is 369 g/mol. The molecule has 0 radical (unpaired) electrons. The van der Waals surface area contributed by atoms with E-state index in [-0.39, 0.29) is 11.9 Å². The largest absolute Gasteiger partial charge is 0.331 e. The van der Waals surface area contributed by atoms with Crippen LogP contribution in [0.5, 0.6) is 0 Å². The quantitative estimate of drug-likeness (QED) is 0.716. The second-order valence-electron chi connectivity index (χ2n) is 4.80. The highest BCUT2D eigenvalue weighted by atomic mass is 79.9. The summed E-state index contributed by atoms with van der Waals surface area (Å²) in [4.78, 5) is 15.9. The molecule has 2 aromatic rings. The van der Waals surface area contributed by atoms with Crippen LogP contribution in [0.1, 0.15) is 34.1 Å². The highest BCUT2D eigenvalue weighted by Crippen LogP contribution is 2.36. The Balaban J connectivity index is 1.91. The lowest BCUT2D eigenvalue weighted by atomic mass is 10.1. The fourth-order valence-corrected chi connectivity index (χ4v) is 4.04. The predicted molar refractivity (Wildman–Crippen MR) is 86.5 cm³/mol. The lowest BCUT2D eigenvalue weighted by molar-refractivity contribution is 0.0738. The third-order valence-corrected chi connectivity index (χ3v) is 5.34. The van der Waals surface area contributed by atoms with Gasteiger partial charge in [-0.05, 0) is 42.5 Å². The van der Waals surface area contributed by atoms with E-state index in [4.69, 9.17) is 11.6 Å². The van der Waals surface area contributed by atoms with Gasteiger partial charge in [0, 0.05) is 15.9 Å². The van der Waals surface area contributed by atoms with Gasteiger partial charge in [-0.15, -0.1) is 11.3 Å². The first kappa shape index (κ1) is 14.1. The highest BCUT2D eigenvalue weighted by Gasteiger charge is 2.32. The van der Waals surface area contributed by atoms with Crippen LogP contribution in [0.25, 0.3) is 0 Å². The summed E-state index contributed by atoms with van der Waals surface area (Å²) < 4.78 is 0.872. The van der Waals surface area contributed by atoms with Crippen molar-refractivity contribution >= 4 is 44.8 Å². The second-order valence-corrected chi connectivity index (χ2v) is 7.10. The van der Waals surface area contributed by atoms with Crippen LogP contribution in [0.4, 0.5) is 0 Å². The third kappa shape index (κ3) is 2.65. The molecule has 3 rings (SSSR count). The van der Waals surface area contributed by atoms with Crippen molar-refractivity contribution in [3.8, 4) is 0 Å². The zero-order chi connectivity index (χ0) is 14.1. The van der Waals surface area contributed by atoms with Gasteiger partial charge >= 0.3 is 0 Å². The molecule has 1 aliphatic heterocycles. The van der Waals surface area contributed by atoms with Gasteiger partial charge in [0.25, 0.3) is 5.91 Å². The van der Waals surface area contributed by atoms with Crippen LogP contribution in [-0.4, -0.2) is 17.4 Å². The Morgan fingerprint density at radius 2 is 2.25 bits per heavy atom. The van der Waals surface area contributed by atoms with E-state index < -0.39 is 0 Å². The SMILES string of the molecule is O=C(c1cc(Br)ccc1Cl)N1CCCC1c1cccs1. The van der Waals surface area contributed by atoms with Crippen LogP contribution in [0.3, 0.4) is 0 Å². The average molecular weight is 371 g/mol. The summed E-state index contributed by atoms with van der Waals surface area (Å²) in [6.07, 6.45) is 2.07. The molecule has 0 aliphatic carbocycles. The molecule has 20 heavy (non-hydrogen) atoms. The van der Waals surface area contributed by atoms with E-state index in [0.717, 1.165) is 23.9 Å². The van der Waals surface area contributed by atoms with Crippen molar-refractivity contribution in [2.24, 2.45) is 0 Å². The van der Waals surface area contributed by atoms with E-state index >= 15 is 0 Å². The Morgan fingerprint density at radius 1 is 1.40 bits per heavy atom. The summed E-state index contributed by atoms with van der Waals surface area (Å²) in [7, 11) is 0. The second kappa shape index (κ2) is 5.88.